The van der Waals surface area contributed by atoms with E-state index in [-0.39, 0.29) is 0 Å². The average Bonchev–Trinajstić information content (AvgIpc) is 2.26. The minimum absolute atomic E-state index is 0.302. The molecule has 1 aliphatic heterocycles. The van der Waals surface area contributed by atoms with Crippen molar-refractivity contribution in [1.29, 1.82) is 0 Å². The minimum Gasteiger partial charge on any atom is -0.481 e. The first-order chi connectivity index (χ1) is 8.11. The van der Waals surface area contributed by atoms with Crippen LogP contribution in [-0.4, -0.2) is 34.7 Å². The summed E-state index contributed by atoms with van der Waals surface area (Å²) in [6.45, 7) is 5.51. The van der Waals surface area contributed by atoms with E-state index in [2.05, 4.69) is 24.3 Å². The molecular formula is C13H26N2O2. The molecule has 1 rings (SSSR count). The monoisotopic (exact) mass is 242 g/mol. The first kappa shape index (κ1) is 14.5. The molecule has 1 saturated heterocycles. The Morgan fingerprint density at radius 3 is 2.47 bits per heavy atom. The molecule has 100 valence electrons. The second kappa shape index (κ2) is 7.67. The van der Waals surface area contributed by atoms with Crippen molar-refractivity contribution < 1.29 is 9.90 Å². The normalized spacial score (nSPS) is 26.0. The highest BCUT2D eigenvalue weighted by molar-refractivity contribution is 5.66. The van der Waals surface area contributed by atoms with Crippen LogP contribution < -0.4 is 5.43 Å². The molecule has 0 aromatic rings. The summed E-state index contributed by atoms with van der Waals surface area (Å²) in [6, 6.07) is 1.25. The van der Waals surface area contributed by atoms with E-state index >= 15 is 0 Å². The molecule has 2 atom stereocenters. The molecule has 4 nitrogen and oxygen atoms in total. The summed E-state index contributed by atoms with van der Waals surface area (Å²) >= 11 is 0. The van der Waals surface area contributed by atoms with Crippen molar-refractivity contribution in [3.8, 4) is 0 Å². The van der Waals surface area contributed by atoms with Gasteiger partial charge in [0, 0.05) is 25.0 Å². The van der Waals surface area contributed by atoms with E-state index in [1.807, 2.05) is 0 Å². The van der Waals surface area contributed by atoms with Gasteiger partial charge in [0.05, 0.1) is 0 Å². The smallest absolute Gasteiger partial charge is 0.303 e. The number of nitrogens with one attached hydrogen (secondary N) is 1. The first-order valence-electron chi connectivity index (χ1n) is 6.85. The Balaban J connectivity index is 2.06. The molecule has 0 aromatic heterocycles. The van der Waals surface area contributed by atoms with Crippen molar-refractivity contribution in [2.75, 3.05) is 6.54 Å². The molecule has 1 fully saturated rings. The molecule has 2 N–H and O–H groups in total. The number of carboxylic acid groups (broad SMARTS) is 1. The summed E-state index contributed by atoms with van der Waals surface area (Å²) in [4.78, 5) is 10.3. The zero-order valence-electron chi connectivity index (χ0n) is 11.1. The molecule has 0 aromatic carbocycles. The topological polar surface area (TPSA) is 52.6 Å². The number of rotatable bonds is 7. The summed E-state index contributed by atoms with van der Waals surface area (Å²) < 4.78 is 0. The molecule has 17 heavy (non-hydrogen) atoms. The third-order valence-corrected chi connectivity index (χ3v) is 3.56. The van der Waals surface area contributed by atoms with Crippen molar-refractivity contribution in [1.82, 2.24) is 10.4 Å². The third kappa shape index (κ3) is 5.50. The van der Waals surface area contributed by atoms with Gasteiger partial charge in [0.25, 0.3) is 0 Å². The number of hydrazine groups is 1. The largest absolute Gasteiger partial charge is 0.481 e. The van der Waals surface area contributed by atoms with Gasteiger partial charge in [-0.05, 0) is 39.5 Å². The zero-order valence-corrected chi connectivity index (χ0v) is 11.1. The number of nitrogens with zero attached hydrogens (tertiary/aromatic N) is 1. The van der Waals surface area contributed by atoms with Crippen LogP contribution in [0.15, 0.2) is 0 Å². The Hall–Kier alpha value is -0.610. The van der Waals surface area contributed by atoms with Crippen molar-refractivity contribution in [2.24, 2.45) is 0 Å². The lowest BCUT2D eigenvalue weighted by Gasteiger charge is -2.39. The van der Waals surface area contributed by atoms with Crippen LogP contribution in [0.3, 0.4) is 0 Å². The molecule has 1 aliphatic rings. The summed E-state index contributed by atoms with van der Waals surface area (Å²) in [7, 11) is 0. The lowest BCUT2D eigenvalue weighted by Crippen LogP contribution is -2.52. The van der Waals surface area contributed by atoms with Crippen LogP contribution in [0, 0.1) is 0 Å². The maximum Gasteiger partial charge on any atom is 0.303 e. The summed E-state index contributed by atoms with van der Waals surface area (Å²) in [5.74, 6) is -0.684. The van der Waals surface area contributed by atoms with Crippen molar-refractivity contribution in [3.05, 3.63) is 0 Å². The number of carboxylic acids is 1. The number of hydrogen-bond donors (Lipinski definition) is 2. The van der Waals surface area contributed by atoms with Crippen LogP contribution in [0.25, 0.3) is 0 Å². The highest BCUT2D eigenvalue weighted by Gasteiger charge is 2.23. The Labute approximate surface area is 104 Å². The van der Waals surface area contributed by atoms with Gasteiger partial charge in [-0.1, -0.05) is 12.8 Å². The van der Waals surface area contributed by atoms with E-state index in [1.165, 1.54) is 19.3 Å². The molecule has 2 unspecified atom stereocenters. The van der Waals surface area contributed by atoms with Crippen molar-refractivity contribution in [2.45, 2.75) is 70.9 Å². The Morgan fingerprint density at radius 1 is 1.24 bits per heavy atom. The predicted octanol–water partition coefficient (Wildman–Crippen LogP) is 2.40. The maximum absolute atomic E-state index is 10.3. The van der Waals surface area contributed by atoms with Gasteiger partial charge < -0.3 is 5.11 Å². The van der Waals surface area contributed by atoms with E-state index in [0.29, 0.717) is 18.5 Å². The predicted molar refractivity (Wildman–Crippen MR) is 68.7 cm³/mol. The molecule has 0 radical (unpaired) electrons. The van der Waals surface area contributed by atoms with Crippen LogP contribution in [0.5, 0.6) is 0 Å². The Bertz CT molecular complexity index is 223. The van der Waals surface area contributed by atoms with Crippen molar-refractivity contribution in [3.63, 3.8) is 0 Å². The highest BCUT2D eigenvalue weighted by Crippen LogP contribution is 2.20. The minimum atomic E-state index is -0.684. The quantitative estimate of drug-likeness (QED) is 0.673. The molecule has 0 amide bonds. The van der Waals surface area contributed by atoms with E-state index in [0.717, 1.165) is 25.8 Å². The standard InChI is InChI=1S/C13H26N2O2/c1-11-7-6-8-12(2)15(11)14-10-5-3-4-9-13(16)17/h11-12,14H,3-10H2,1-2H3,(H,16,17). The van der Waals surface area contributed by atoms with Crippen LogP contribution in [0.2, 0.25) is 0 Å². The lowest BCUT2D eigenvalue weighted by atomic mass is 10.00. The van der Waals surface area contributed by atoms with Crippen LogP contribution >= 0.6 is 0 Å². The SMILES string of the molecule is CC1CCCC(C)N1NCCCCCC(=O)O. The van der Waals surface area contributed by atoms with E-state index in [1.54, 1.807) is 0 Å². The van der Waals surface area contributed by atoms with Gasteiger partial charge in [0.2, 0.25) is 0 Å². The first-order valence-corrected chi connectivity index (χ1v) is 6.85. The third-order valence-electron chi connectivity index (χ3n) is 3.56. The van der Waals surface area contributed by atoms with E-state index < -0.39 is 5.97 Å². The number of carbonyl (C=O) groups is 1. The van der Waals surface area contributed by atoms with E-state index in [9.17, 15) is 4.79 Å². The number of unbranched alkanes of at least 4 members (excludes halogenated alkanes) is 2. The molecule has 4 heteroatoms. The van der Waals surface area contributed by atoms with Gasteiger partial charge in [-0.3, -0.25) is 10.2 Å². The van der Waals surface area contributed by atoms with Crippen molar-refractivity contribution >= 4 is 5.97 Å². The molecular weight excluding hydrogens is 216 g/mol. The summed E-state index contributed by atoms with van der Waals surface area (Å²) in [5, 5.41) is 10.9. The zero-order chi connectivity index (χ0) is 12.7. The number of hydrogen-bond acceptors (Lipinski definition) is 3. The van der Waals surface area contributed by atoms with Gasteiger partial charge in [-0.2, -0.15) is 0 Å². The van der Waals surface area contributed by atoms with Gasteiger partial charge in [0.15, 0.2) is 0 Å². The van der Waals surface area contributed by atoms with Gasteiger partial charge in [0.1, 0.15) is 0 Å². The molecule has 0 aliphatic carbocycles. The second-order valence-electron chi connectivity index (χ2n) is 5.15. The fourth-order valence-corrected chi connectivity index (χ4v) is 2.52. The van der Waals surface area contributed by atoms with Gasteiger partial charge in [-0.25, -0.2) is 5.01 Å². The summed E-state index contributed by atoms with van der Waals surface area (Å²) in [5.41, 5.74) is 3.50. The Morgan fingerprint density at radius 2 is 1.88 bits per heavy atom. The average molecular weight is 242 g/mol. The molecule has 0 saturated carbocycles. The van der Waals surface area contributed by atoms with Gasteiger partial charge in [-0.15, -0.1) is 0 Å². The van der Waals surface area contributed by atoms with Crippen LogP contribution in [-0.2, 0) is 4.79 Å². The number of aliphatic carboxylic acids is 1. The fourth-order valence-electron chi connectivity index (χ4n) is 2.52. The van der Waals surface area contributed by atoms with Crippen LogP contribution in [0.1, 0.15) is 58.8 Å². The number of piperidine rings is 1. The van der Waals surface area contributed by atoms with Gasteiger partial charge >= 0.3 is 5.97 Å². The molecule has 0 spiro atoms. The highest BCUT2D eigenvalue weighted by atomic mass is 16.4. The maximum atomic E-state index is 10.3. The lowest BCUT2D eigenvalue weighted by molar-refractivity contribution is -0.137. The fraction of sp³-hybridized carbons (Fsp3) is 0.923. The Kier molecular flexibility index (Phi) is 6.52. The van der Waals surface area contributed by atoms with E-state index in [4.69, 9.17) is 5.11 Å². The molecule has 0 bridgehead atoms. The second-order valence-corrected chi connectivity index (χ2v) is 5.15. The molecule has 1 heterocycles. The summed E-state index contributed by atoms with van der Waals surface area (Å²) in [6.07, 6.45) is 7.03. The van der Waals surface area contributed by atoms with Crippen LogP contribution in [0.4, 0.5) is 0 Å².